The second-order valence-electron chi connectivity index (χ2n) is 5.20. The van der Waals surface area contributed by atoms with Crippen molar-refractivity contribution in [2.45, 2.75) is 19.3 Å². The first-order chi connectivity index (χ1) is 10.1. The largest absolute Gasteiger partial charge is 0.312 e. The number of halogens is 2. The fraction of sp³-hybridized carbons (Fsp3) is 0.235. The van der Waals surface area contributed by atoms with Gasteiger partial charge in [-0.3, -0.25) is 4.79 Å². The van der Waals surface area contributed by atoms with Gasteiger partial charge < -0.3 is 4.90 Å². The molecule has 1 aliphatic heterocycles. The van der Waals surface area contributed by atoms with Gasteiger partial charge in [0.05, 0.1) is 16.5 Å². The second-order valence-corrected chi connectivity index (χ2v) is 6.02. The molecule has 0 bridgehead atoms. The lowest BCUT2D eigenvalue weighted by molar-refractivity contribution is -0.118. The fourth-order valence-corrected chi connectivity index (χ4v) is 3.03. The standard InChI is InChI=1S/C17H15Cl2NO/c18-14-8-7-12(10-15(14)19)11-17(21)20-9-3-5-13-4-1-2-6-16(13)20/h1-2,4,6-8,10H,3,5,9,11H2. The predicted octanol–water partition coefficient (Wildman–Crippen LogP) is 4.52. The fourth-order valence-electron chi connectivity index (χ4n) is 2.71. The molecule has 3 rings (SSSR count). The number of amides is 1. The van der Waals surface area contributed by atoms with Crippen molar-refractivity contribution in [3.8, 4) is 0 Å². The lowest BCUT2D eigenvalue weighted by Crippen LogP contribution is -2.36. The number of rotatable bonds is 2. The third-order valence-electron chi connectivity index (χ3n) is 3.75. The van der Waals surface area contributed by atoms with Crippen LogP contribution in [0.3, 0.4) is 0 Å². The van der Waals surface area contributed by atoms with Crippen molar-refractivity contribution in [2.75, 3.05) is 11.4 Å². The number of carbonyl (C=O) groups is 1. The number of para-hydroxylation sites is 1. The Hall–Kier alpha value is -1.51. The van der Waals surface area contributed by atoms with Crippen LogP contribution in [-0.4, -0.2) is 12.5 Å². The summed E-state index contributed by atoms with van der Waals surface area (Å²) < 4.78 is 0. The number of fused-ring (bicyclic) bond motifs is 1. The monoisotopic (exact) mass is 319 g/mol. The van der Waals surface area contributed by atoms with Crippen molar-refractivity contribution in [3.63, 3.8) is 0 Å². The number of hydrogen-bond acceptors (Lipinski definition) is 1. The van der Waals surface area contributed by atoms with Crippen molar-refractivity contribution in [1.82, 2.24) is 0 Å². The summed E-state index contributed by atoms with van der Waals surface area (Å²) in [5, 5.41) is 0.997. The maximum atomic E-state index is 12.6. The molecule has 0 aliphatic carbocycles. The van der Waals surface area contributed by atoms with Crippen LogP contribution in [0.4, 0.5) is 5.69 Å². The van der Waals surface area contributed by atoms with E-state index >= 15 is 0 Å². The summed E-state index contributed by atoms with van der Waals surface area (Å²) >= 11 is 11.9. The van der Waals surface area contributed by atoms with Crippen molar-refractivity contribution in [1.29, 1.82) is 0 Å². The van der Waals surface area contributed by atoms with Gasteiger partial charge in [0.1, 0.15) is 0 Å². The molecule has 1 amide bonds. The second kappa shape index (κ2) is 6.08. The van der Waals surface area contributed by atoms with Gasteiger partial charge >= 0.3 is 0 Å². The predicted molar refractivity (Wildman–Crippen MR) is 87.3 cm³/mol. The van der Waals surface area contributed by atoms with E-state index in [1.54, 1.807) is 12.1 Å². The van der Waals surface area contributed by atoms with Gasteiger partial charge in [0.25, 0.3) is 0 Å². The molecule has 2 aromatic carbocycles. The minimum absolute atomic E-state index is 0.0977. The number of hydrogen-bond donors (Lipinski definition) is 0. The number of anilines is 1. The molecule has 0 saturated carbocycles. The molecule has 108 valence electrons. The topological polar surface area (TPSA) is 20.3 Å². The van der Waals surface area contributed by atoms with Gasteiger partial charge in [0.15, 0.2) is 0 Å². The van der Waals surface area contributed by atoms with E-state index in [0.717, 1.165) is 30.6 Å². The molecule has 0 spiro atoms. The zero-order valence-corrected chi connectivity index (χ0v) is 13.0. The van der Waals surface area contributed by atoms with E-state index in [4.69, 9.17) is 23.2 Å². The maximum absolute atomic E-state index is 12.6. The molecular formula is C17H15Cl2NO. The van der Waals surface area contributed by atoms with Crippen LogP contribution in [-0.2, 0) is 17.6 Å². The van der Waals surface area contributed by atoms with Crippen molar-refractivity contribution < 1.29 is 4.79 Å². The molecule has 0 atom stereocenters. The summed E-state index contributed by atoms with van der Waals surface area (Å²) in [6.45, 7) is 0.775. The molecule has 0 N–H and O–H groups in total. The summed E-state index contributed by atoms with van der Waals surface area (Å²) in [5.41, 5.74) is 3.16. The van der Waals surface area contributed by atoms with Gasteiger partial charge in [-0.15, -0.1) is 0 Å². The number of nitrogens with zero attached hydrogens (tertiary/aromatic N) is 1. The Morgan fingerprint density at radius 3 is 2.71 bits per heavy atom. The Balaban J connectivity index is 1.81. The molecule has 1 aliphatic rings. The van der Waals surface area contributed by atoms with Gasteiger partial charge in [-0.1, -0.05) is 47.5 Å². The highest BCUT2D eigenvalue weighted by Gasteiger charge is 2.22. The molecule has 2 aromatic rings. The van der Waals surface area contributed by atoms with Gasteiger partial charge in [0.2, 0.25) is 5.91 Å². The number of benzene rings is 2. The van der Waals surface area contributed by atoms with Crippen LogP contribution in [0.5, 0.6) is 0 Å². The van der Waals surface area contributed by atoms with Crippen LogP contribution < -0.4 is 4.90 Å². The maximum Gasteiger partial charge on any atom is 0.231 e. The summed E-state index contributed by atoms with van der Waals surface area (Å²) in [7, 11) is 0. The van der Waals surface area contributed by atoms with E-state index in [9.17, 15) is 4.79 Å². The average molecular weight is 320 g/mol. The summed E-state index contributed by atoms with van der Waals surface area (Å²) in [4.78, 5) is 14.5. The normalized spacial score (nSPS) is 13.9. The van der Waals surface area contributed by atoms with Crippen molar-refractivity contribution >= 4 is 34.8 Å². The Labute approximate surface area is 134 Å². The number of aryl methyl sites for hydroxylation is 1. The SMILES string of the molecule is O=C(Cc1ccc(Cl)c(Cl)c1)N1CCCc2ccccc21. The zero-order chi connectivity index (χ0) is 14.8. The van der Waals surface area contributed by atoms with Gasteiger partial charge in [-0.25, -0.2) is 0 Å². The molecule has 2 nitrogen and oxygen atoms in total. The van der Waals surface area contributed by atoms with E-state index in [0.29, 0.717) is 16.5 Å². The van der Waals surface area contributed by atoms with E-state index in [1.165, 1.54) is 5.56 Å². The molecule has 4 heteroatoms. The van der Waals surface area contributed by atoms with Crippen LogP contribution in [0.15, 0.2) is 42.5 Å². The number of carbonyl (C=O) groups excluding carboxylic acids is 1. The summed E-state index contributed by atoms with van der Waals surface area (Å²) in [6, 6.07) is 13.4. The van der Waals surface area contributed by atoms with Gasteiger partial charge in [-0.05, 0) is 42.2 Å². The Bertz CT molecular complexity index is 684. The average Bonchev–Trinajstić information content (AvgIpc) is 2.50. The molecule has 21 heavy (non-hydrogen) atoms. The quantitative estimate of drug-likeness (QED) is 0.797. The third kappa shape index (κ3) is 3.07. The minimum atomic E-state index is 0.0977. The molecule has 0 radical (unpaired) electrons. The molecule has 0 aromatic heterocycles. The first-order valence-electron chi connectivity index (χ1n) is 6.97. The Kier molecular flexibility index (Phi) is 4.18. The smallest absolute Gasteiger partial charge is 0.231 e. The third-order valence-corrected chi connectivity index (χ3v) is 4.49. The first kappa shape index (κ1) is 14.4. The summed E-state index contributed by atoms with van der Waals surface area (Å²) in [5.74, 6) is 0.0977. The molecule has 0 saturated heterocycles. The highest BCUT2D eigenvalue weighted by atomic mass is 35.5. The van der Waals surface area contributed by atoms with Crippen molar-refractivity contribution in [2.24, 2.45) is 0 Å². The Morgan fingerprint density at radius 2 is 1.90 bits per heavy atom. The van der Waals surface area contributed by atoms with Gasteiger partial charge in [0, 0.05) is 12.2 Å². The van der Waals surface area contributed by atoms with Crippen LogP contribution in [0.1, 0.15) is 17.5 Å². The van der Waals surface area contributed by atoms with E-state index in [1.807, 2.05) is 29.2 Å². The molecule has 0 unspecified atom stereocenters. The van der Waals surface area contributed by atoms with E-state index in [-0.39, 0.29) is 5.91 Å². The van der Waals surface area contributed by atoms with Crippen LogP contribution in [0, 0.1) is 0 Å². The lowest BCUT2D eigenvalue weighted by atomic mass is 10.0. The lowest BCUT2D eigenvalue weighted by Gasteiger charge is -2.29. The van der Waals surface area contributed by atoms with E-state index in [2.05, 4.69) is 6.07 Å². The van der Waals surface area contributed by atoms with Gasteiger partial charge in [-0.2, -0.15) is 0 Å². The first-order valence-corrected chi connectivity index (χ1v) is 7.73. The minimum Gasteiger partial charge on any atom is -0.312 e. The highest BCUT2D eigenvalue weighted by Crippen LogP contribution is 2.28. The summed E-state index contributed by atoms with van der Waals surface area (Å²) in [6.07, 6.45) is 2.38. The molecular weight excluding hydrogens is 305 g/mol. The Morgan fingerprint density at radius 1 is 1.10 bits per heavy atom. The highest BCUT2D eigenvalue weighted by molar-refractivity contribution is 6.42. The van der Waals surface area contributed by atoms with Crippen molar-refractivity contribution in [3.05, 3.63) is 63.6 Å². The van der Waals surface area contributed by atoms with E-state index < -0.39 is 0 Å². The van der Waals surface area contributed by atoms with Crippen LogP contribution >= 0.6 is 23.2 Å². The molecule has 1 heterocycles. The molecule has 0 fully saturated rings. The zero-order valence-electron chi connectivity index (χ0n) is 11.5. The van der Waals surface area contributed by atoms with Crippen LogP contribution in [0.25, 0.3) is 0 Å². The van der Waals surface area contributed by atoms with Crippen LogP contribution in [0.2, 0.25) is 10.0 Å².